The van der Waals surface area contributed by atoms with Crippen LogP contribution in [0, 0.1) is 0 Å². The quantitative estimate of drug-likeness (QED) is 0.923. The molecule has 1 aliphatic rings. The summed E-state index contributed by atoms with van der Waals surface area (Å²) in [7, 11) is -2.83. The Morgan fingerprint density at radius 1 is 1.50 bits per heavy atom. The third kappa shape index (κ3) is 3.33. The van der Waals surface area contributed by atoms with Crippen LogP contribution in [0.2, 0.25) is 0 Å². The number of furan rings is 1. The van der Waals surface area contributed by atoms with Gasteiger partial charge < -0.3 is 9.73 Å². The van der Waals surface area contributed by atoms with Gasteiger partial charge in [-0.05, 0) is 40.9 Å². The molecule has 2 heterocycles. The van der Waals surface area contributed by atoms with E-state index in [9.17, 15) is 8.42 Å². The van der Waals surface area contributed by atoms with Crippen LogP contribution in [0.25, 0.3) is 0 Å². The molecule has 1 N–H and O–H groups in total. The number of halogens is 1. The molecule has 1 aromatic heterocycles. The molecule has 1 aliphatic heterocycles. The van der Waals surface area contributed by atoms with Crippen molar-refractivity contribution in [2.45, 2.75) is 25.4 Å². The van der Waals surface area contributed by atoms with Gasteiger partial charge in [0.15, 0.2) is 14.5 Å². The Morgan fingerprint density at radius 3 is 2.94 bits per heavy atom. The van der Waals surface area contributed by atoms with Gasteiger partial charge in [-0.1, -0.05) is 0 Å². The van der Waals surface area contributed by atoms with Crippen molar-refractivity contribution in [1.82, 2.24) is 5.32 Å². The summed E-state index contributed by atoms with van der Waals surface area (Å²) < 4.78 is 28.8. The largest absolute Gasteiger partial charge is 0.453 e. The third-order valence-electron chi connectivity index (χ3n) is 2.66. The van der Waals surface area contributed by atoms with E-state index in [2.05, 4.69) is 21.2 Å². The molecule has 0 spiro atoms. The molecule has 1 unspecified atom stereocenters. The lowest BCUT2D eigenvalue weighted by Crippen LogP contribution is -2.39. The Labute approximate surface area is 103 Å². The Hall–Kier alpha value is -0.330. The molecule has 1 fully saturated rings. The fourth-order valence-electron chi connectivity index (χ4n) is 1.88. The van der Waals surface area contributed by atoms with Crippen LogP contribution < -0.4 is 5.32 Å². The average molecular weight is 308 g/mol. The Balaban J connectivity index is 1.86. The van der Waals surface area contributed by atoms with Gasteiger partial charge in [0.2, 0.25) is 0 Å². The Kier molecular flexibility index (Phi) is 3.71. The highest BCUT2D eigenvalue weighted by atomic mass is 79.9. The van der Waals surface area contributed by atoms with Crippen molar-refractivity contribution in [1.29, 1.82) is 0 Å². The average Bonchev–Trinajstić information content (AvgIpc) is 2.60. The summed E-state index contributed by atoms with van der Waals surface area (Å²) in [6.45, 7) is 0.575. The molecule has 0 saturated carbocycles. The summed E-state index contributed by atoms with van der Waals surface area (Å²) in [4.78, 5) is 0. The molecule has 1 aromatic rings. The molecule has 90 valence electrons. The SMILES string of the molecule is O=S1(=O)CCCC(NCc2ccc(Br)o2)C1. The summed E-state index contributed by atoms with van der Waals surface area (Å²) in [5, 5.41) is 3.21. The molecule has 0 radical (unpaired) electrons. The zero-order valence-electron chi connectivity index (χ0n) is 8.78. The van der Waals surface area contributed by atoms with E-state index < -0.39 is 9.84 Å². The number of hydrogen-bond donors (Lipinski definition) is 1. The highest BCUT2D eigenvalue weighted by Crippen LogP contribution is 2.16. The van der Waals surface area contributed by atoms with Crippen LogP contribution >= 0.6 is 15.9 Å². The number of nitrogens with one attached hydrogen (secondary N) is 1. The van der Waals surface area contributed by atoms with E-state index in [-0.39, 0.29) is 11.8 Å². The monoisotopic (exact) mass is 307 g/mol. The molecule has 1 atom stereocenters. The third-order valence-corrected chi connectivity index (χ3v) is 4.90. The predicted molar refractivity (Wildman–Crippen MR) is 64.9 cm³/mol. The minimum Gasteiger partial charge on any atom is -0.453 e. The lowest BCUT2D eigenvalue weighted by molar-refractivity contribution is 0.424. The molecule has 0 aromatic carbocycles. The van der Waals surface area contributed by atoms with Gasteiger partial charge in [0.05, 0.1) is 18.1 Å². The van der Waals surface area contributed by atoms with E-state index in [1.54, 1.807) is 0 Å². The summed E-state index contributed by atoms with van der Waals surface area (Å²) >= 11 is 3.23. The number of rotatable bonds is 3. The van der Waals surface area contributed by atoms with Gasteiger partial charge in [0.1, 0.15) is 5.76 Å². The molecule has 0 amide bonds. The van der Waals surface area contributed by atoms with Gasteiger partial charge in [-0.2, -0.15) is 0 Å². The second-order valence-corrected chi connectivity index (χ2v) is 7.05. The van der Waals surface area contributed by atoms with Crippen molar-refractivity contribution in [3.8, 4) is 0 Å². The van der Waals surface area contributed by atoms with Gasteiger partial charge in [-0.25, -0.2) is 8.42 Å². The van der Waals surface area contributed by atoms with Gasteiger partial charge in [0, 0.05) is 6.04 Å². The highest BCUT2D eigenvalue weighted by Gasteiger charge is 2.24. The molecule has 1 saturated heterocycles. The first-order valence-electron chi connectivity index (χ1n) is 5.23. The maximum absolute atomic E-state index is 11.4. The first-order valence-corrected chi connectivity index (χ1v) is 7.85. The summed E-state index contributed by atoms with van der Waals surface area (Å²) in [5.41, 5.74) is 0. The van der Waals surface area contributed by atoms with Crippen molar-refractivity contribution in [3.05, 3.63) is 22.6 Å². The van der Waals surface area contributed by atoms with E-state index >= 15 is 0 Å². The van der Waals surface area contributed by atoms with Crippen molar-refractivity contribution in [3.63, 3.8) is 0 Å². The van der Waals surface area contributed by atoms with Gasteiger partial charge in [-0.3, -0.25) is 0 Å². The maximum atomic E-state index is 11.4. The van der Waals surface area contributed by atoms with Crippen LogP contribution in [0.3, 0.4) is 0 Å². The second kappa shape index (κ2) is 4.89. The summed E-state index contributed by atoms with van der Waals surface area (Å²) in [5.74, 6) is 1.39. The predicted octanol–water partition coefficient (Wildman–Crippen LogP) is 1.71. The van der Waals surface area contributed by atoms with E-state index in [1.165, 1.54) is 0 Å². The fourth-order valence-corrected chi connectivity index (χ4v) is 3.89. The number of hydrogen-bond acceptors (Lipinski definition) is 4. The first kappa shape index (κ1) is 12.1. The van der Waals surface area contributed by atoms with Crippen molar-refractivity contribution >= 4 is 25.8 Å². The standard InChI is InChI=1S/C10H14BrNO3S/c11-10-4-3-9(15-10)6-12-8-2-1-5-16(13,14)7-8/h3-4,8,12H,1-2,5-7H2. The van der Waals surface area contributed by atoms with E-state index in [1.807, 2.05) is 12.1 Å². The fraction of sp³-hybridized carbons (Fsp3) is 0.600. The van der Waals surface area contributed by atoms with Crippen LogP contribution in [0.4, 0.5) is 0 Å². The molecule has 0 aliphatic carbocycles. The van der Waals surface area contributed by atoms with Crippen LogP contribution in [-0.2, 0) is 16.4 Å². The zero-order chi connectivity index (χ0) is 11.6. The summed E-state index contributed by atoms with van der Waals surface area (Å²) in [6, 6.07) is 3.76. The van der Waals surface area contributed by atoms with Gasteiger partial charge >= 0.3 is 0 Å². The van der Waals surface area contributed by atoms with Crippen molar-refractivity contribution in [2.24, 2.45) is 0 Å². The van der Waals surface area contributed by atoms with Crippen molar-refractivity contribution in [2.75, 3.05) is 11.5 Å². The molecule has 2 rings (SSSR count). The molecule has 4 nitrogen and oxygen atoms in total. The molecule has 6 heteroatoms. The smallest absolute Gasteiger partial charge is 0.169 e. The lowest BCUT2D eigenvalue weighted by atomic mass is 10.2. The van der Waals surface area contributed by atoms with Gasteiger partial charge in [-0.15, -0.1) is 0 Å². The lowest BCUT2D eigenvalue weighted by Gasteiger charge is -2.22. The van der Waals surface area contributed by atoms with Crippen molar-refractivity contribution < 1.29 is 12.8 Å². The molecular weight excluding hydrogens is 294 g/mol. The van der Waals surface area contributed by atoms with Crippen LogP contribution in [0.1, 0.15) is 18.6 Å². The van der Waals surface area contributed by atoms with Crippen LogP contribution in [0.5, 0.6) is 0 Å². The van der Waals surface area contributed by atoms with E-state index in [4.69, 9.17) is 4.42 Å². The van der Waals surface area contributed by atoms with Crippen LogP contribution in [-0.4, -0.2) is 26.0 Å². The van der Waals surface area contributed by atoms with E-state index in [0.29, 0.717) is 17.0 Å². The first-order chi connectivity index (χ1) is 7.55. The molecule has 16 heavy (non-hydrogen) atoms. The highest BCUT2D eigenvalue weighted by molar-refractivity contribution is 9.10. The van der Waals surface area contributed by atoms with Gasteiger partial charge in [0.25, 0.3) is 0 Å². The minimum absolute atomic E-state index is 0.0580. The minimum atomic E-state index is -2.83. The normalized spacial score (nSPS) is 24.4. The van der Waals surface area contributed by atoms with E-state index in [0.717, 1.165) is 18.6 Å². The maximum Gasteiger partial charge on any atom is 0.169 e. The molecule has 0 bridgehead atoms. The number of sulfone groups is 1. The topological polar surface area (TPSA) is 59.3 Å². The Bertz CT molecular complexity index is 454. The Morgan fingerprint density at radius 2 is 2.31 bits per heavy atom. The second-order valence-electron chi connectivity index (χ2n) is 4.04. The van der Waals surface area contributed by atoms with Crippen LogP contribution in [0.15, 0.2) is 21.2 Å². The molecular formula is C10H14BrNO3S. The zero-order valence-corrected chi connectivity index (χ0v) is 11.2. The summed E-state index contributed by atoms with van der Waals surface area (Å²) in [6.07, 6.45) is 1.67.